The van der Waals surface area contributed by atoms with Crippen LogP contribution < -0.4 is 10.6 Å². The highest BCUT2D eigenvalue weighted by Crippen LogP contribution is 2.42. The van der Waals surface area contributed by atoms with E-state index in [1.54, 1.807) is 0 Å². The van der Waals surface area contributed by atoms with E-state index < -0.39 is 17.9 Å². The first-order chi connectivity index (χ1) is 69.8. The van der Waals surface area contributed by atoms with Crippen LogP contribution >= 0.6 is 0 Å². The fourth-order valence-electron chi connectivity index (χ4n) is 20.5. The molecule has 8 aliphatic heterocycles. The molecule has 6 unspecified atom stereocenters. The first-order valence-corrected chi connectivity index (χ1v) is 54.5. The molecule has 0 saturated carbocycles. The van der Waals surface area contributed by atoms with Gasteiger partial charge in [-0.3, -0.25) is 39.1 Å². The maximum atomic E-state index is 14.7. The second-order valence-electron chi connectivity index (χ2n) is 38.8. The molecule has 10 heterocycles. The third-order valence-electron chi connectivity index (χ3n) is 27.9. The largest absolute Gasteiger partial charge is 0.465 e. The van der Waals surface area contributed by atoms with E-state index in [1.807, 2.05) is 12.2 Å². The van der Waals surface area contributed by atoms with Crippen molar-refractivity contribution in [3.05, 3.63) is 238 Å². The molecule has 2 aromatic heterocycles. The molecule has 1 aromatic carbocycles. The summed E-state index contributed by atoms with van der Waals surface area (Å²) in [5.41, 5.74) is 20.1. The Kier molecular flexibility index (Phi) is 51.0. The van der Waals surface area contributed by atoms with Crippen LogP contribution in [0.15, 0.2) is 201 Å². The van der Waals surface area contributed by atoms with Crippen LogP contribution in [0.4, 0.5) is 0 Å². The van der Waals surface area contributed by atoms with Crippen LogP contribution in [0.3, 0.4) is 0 Å². The number of aromatic nitrogens is 2. The number of fused-ring (bicyclic) bond motifs is 12. The lowest BCUT2D eigenvalue weighted by atomic mass is 9.82. The molecule has 4 N–H and O–H groups in total. The lowest BCUT2D eigenvalue weighted by molar-refractivity contribution is -0.248. The average Bonchev–Trinajstić information content (AvgIpc) is 1.61. The van der Waals surface area contributed by atoms with Crippen molar-refractivity contribution >= 4 is 58.9 Å². The molecule has 0 fully saturated rings. The van der Waals surface area contributed by atoms with Gasteiger partial charge in [-0.25, -0.2) is 0 Å². The van der Waals surface area contributed by atoms with Gasteiger partial charge in [-0.15, -0.1) is 0 Å². The standard InChI is InChI=1S/C118H166N8O16/c1-9-17-21-33-45-68-131-113(127)81-97-96(59-44-32-28-40-52-75-142-138-16-8)110-85-109-94(57-42-30-26-38-50-73-140-136-14-6)93(56-41-29-25-37-49-72-139-135-13-5)105(123-109)77-89-60-64-101(119-89)117(103-66-62-91(121-103)79-107(97)125-110)87-54-53-55-88(76-87)118-102-65-61-90(120-102)78-106-95(58-43-31-27-39-51-74-141-137-15-7)98(82-114(128)132-69-46-34-22-18-10-2)111(124-106)86-112-100(84-116(130)134-71-48-36-24-20-12-4)99(83-115(129)133-70-47-35-23-19-11-3)108(126-112)80-92-63-67-104(118)122-92/h13-16,53-55,60-67,76-80,102-103,110-111,117-118,120-121,123,126H,5-12,17-52,56-59,68-75,81-86H2,1-4H3/b89-77-,90-78-,91-79-,92-80-. The minimum atomic E-state index is -0.556. The Balaban J connectivity index is 1.03. The third kappa shape index (κ3) is 37.2. The molecule has 11 rings (SSSR count). The van der Waals surface area contributed by atoms with Gasteiger partial charge in [-0.1, -0.05) is 270 Å². The van der Waals surface area contributed by atoms with Crippen LogP contribution in [0.25, 0.3) is 12.2 Å². The second kappa shape index (κ2) is 64.9. The molecular formula is C118H166N8O16. The normalized spacial score (nSPS) is 19.5. The Morgan fingerprint density at radius 1 is 0.352 bits per heavy atom. The van der Waals surface area contributed by atoms with Crippen LogP contribution in [0.2, 0.25) is 0 Å². The highest BCUT2D eigenvalue weighted by atomic mass is 17.2. The molecular weight excluding hydrogens is 1790 g/mol. The second-order valence-corrected chi connectivity index (χ2v) is 38.8. The number of nitrogens with zero attached hydrogens (tertiary/aromatic N) is 4. The number of hydrogen-bond acceptors (Lipinski definition) is 22. The zero-order valence-corrected chi connectivity index (χ0v) is 86.2. The summed E-state index contributed by atoms with van der Waals surface area (Å²) in [6.07, 6.45) is 74.6. The summed E-state index contributed by atoms with van der Waals surface area (Å²) in [4.78, 5) is 131. The molecule has 0 radical (unpaired) electrons. The maximum absolute atomic E-state index is 14.7. The number of nitrogens with one attached hydrogen (secondary N) is 4. The highest BCUT2D eigenvalue weighted by Gasteiger charge is 2.39. The molecule has 0 aliphatic carbocycles. The van der Waals surface area contributed by atoms with Gasteiger partial charge in [0.05, 0.1) is 149 Å². The van der Waals surface area contributed by atoms with Gasteiger partial charge in [-0.05, 0) is 219 Å². The summed E-state index contributed by atoms with van der Waals surface area (Å²) in [5.74, 6) is -2.07. The Labute approximate surface area is 847 Å². The number of H-pyrrole nitrogens is 2. The average molecular weight is 1950 g/mol. The Hall–Kier alpha value is -10.7. The van der Waals surface area contributed by atoms with E-state index in [1.165, 1.54) is 47.4 Å². The smallest absolute Gasteiger partial charge is 0.310 e. The Morgan fingerprint density at radius 3 is 1.14 bits per heavy atom. The number of rotatable bonds is 74. The fraction of sp³-hybridized carbons (Fsp3) is 0.576. The van der Waals surface area contributed by atoms with Crippen molar-refractivity contribution in [2.75, 3.05) is 52.9 Å². The fourth-order valence-corrected chi connectivity index (χ4v) is 20.5. The number of aliphatic imine (C=N–C) groups is 4. The lowest BCUT2D eigenvalue weighted by Gasteiger charge is -2.27. The summed E-state index contributed by atoms with van der Waals surface area (Å²) in [6.45, 7) is 26.5. The molecule has 16 bridgehead atoms. The quantitative estimate of drug-likeness (QED) is 0.0102. The Bertz CT molecular complexity index is 4970. The zero-order valence-electron chi connectivity index (χ0n) is 86.2. The van der Waals surface area contributed by atoms with E-state index in [2.05, 4.69) is 160 Å². The van der Waals surface area contributed by atoms with Gasteiger partial charge < -0.3 is 59.1 Å². The minimum absolute atomic E-state index is 0.0287. The van der Waals surface area contributed by atoms with Crippen molar-refractivity contribution < 1.29 is 77.2 Å². The first-order valence-electron chi connectivity index (χ1n) is 54.5. The lowest BCUT2D eigenvalue weighted by Crippen LogP contribution is -2.34. The van der Waals surface area contributed by atoms with Crippen molar-refractivity contribution in [2.24, 2.45) is 20.0 Å². The molecule has 142 heavy (non-hydrogen) atoms. The molecule has 0 amide bonds. The van der Waals surface area contributed by atoms with Crippen LogP contribution in [-0.4, -0.2) is 134 Å². The van der Waals surface area contributed by atoms with Crippen molar-refractivity contribution in [3.8, 4) is 0 Å². The zero-order chi connectivity index (χ0) is 99.8. The number of carbonyl (C=O) groups excluding carboxylic acids is 4. The molecule has 6 atom stereocenters. The number of allylic oxidation sites excluding steroid dienone is 9. The molecule has 0 saturated heterocycles. The van der Waals surface area contributed by atoms with Gasteiger partial charge in [0, 0.05) is 47.0 Å². The minimum Gasteiger partial charge on any atom is -0.465 e. The summed E-state index contributed by atoms with van der Waals surface area (Å²) < 4.78 is 24.7. The van der Waals surface area contributed by atoms with Crippen molar-refractivity contribution in [1.82, 2.24) is 20.6 Å². The van der Waals surface area contributed by atoms with Crippen LogP contribution in [0, 0.1) is 0 Å². The maximum Gasteiger partial charge on any atom is 0.310 e. The van der Waals surface area contributed by atoms with Crippen LogP contribution in [0.5, 0.6) is 0 Å². The molecule has 8 aliphatic rings. The van der Waals surface area contributed by atoms with Crippen LogP contribution in [0.1, 0.15) is 378 Å². The summed E-state index contributed by atoms with van der Waals surface area (Å²) in [5, 5.41) is 8.08. The number of carbonyl (C=O) groups is 4. The van der Waals surface area contributed by atoms with E-state index in [0.29, 0.717) is 75.0 Å². The number of benzene rings is 1. The van der Waals surface area contributed by atoms with Crippen molar-refractivity contribution in [1.29, 1.82) is 0 Å². The summed E-state index contributed by atoms with van der Waals surface area (Å²) in [6, 6.07) is 7.49. The van der Waals surface area contributed by atoms with E-state index in [0.717, 1.165) is 355 Å². The third-order valence-corrected chi connectivity index (χ3v) is 27.9. The van der Waals surface area contributed by atoms with Gasteiger partial charge in [0.15, 0.2) is 0 Å². The van der Waals surface area contributed by atoms with Gasteiger partial charge in [0.1, 0.15) is 25.0 Å². The molecule has 24 nitrogen and oxygen atoms in total. The predicted octanol–water partition coefficient (Wildman–Crippen LogP) is 26.7. The van der Waals surface area contributed by atoms with E-state index >= 15 is 0 Å². The highest BCUT2D eigenvalue weighted by molar-refractivity contribution is 6.14. The molecule has 774 valence electrons. The van der Waals surface area contributed by atoms with Crippen molar-refractivity contribution in [3.63, 3.8) is 0 Å². The van der Waals surface area contributed by atoms with E-state index in [9.17, 15) is 19.2 Å². The van der Waals surface area contributed by atoms with Crippen LogP contribution in [-0.2, 0) is 116 Å². The Morgan fingerprint density at radius 2 is 0.704 bits per heavy atom. The summed E-state index contributed by atoms with van der Waals surface area (Å²) in [7, 11) is 0. The molecule has 3 aromatic rings. The molecule has 0 spiro atoms. The van der Waals surface area contributed by atoms with E-state index in [4.69, 9.17) is 78.0 Å². The summed E-state index contributed by atoms with van der Waals surface area (Å²) >= 11 is 0. The number of hydrogen-bond donors (Lipinski definition) is 4. The van der Waals surface area contributed by atoms with Gasteiger partial charge in [-0.2, -0.15) is 19.6 Å². The number of ether oxygens (including phenoxy) is 4. The predicted molar refractivity (Wildman–Crippen MR) is 568 cm³/mol. The van der Waals surface area contributed by atoms with Crippen molar-refractivity contribution in [2.45, 2.75) is 385 Å². The topological polar surface area (TPSA) is 284 Å². The van der Waals surface area contributed by atoms with Gasteiger partial charge in [0.2, 0.25) is 0 Å². The van der Waals surface area contributed by atoms with E-state index in [-0.39, 0.29) is 87.3 Å². The van der Waals surface area contributed by atoms with Gasteiger partial charge >= 0.3 is 23.9 Å². The monoisotopic (exact) mass is 1950 g/mol. The first kappa shape index (κ1) is 112. The number of unbranched alkanes of at least 4 members (excludes halogenated alkanes) is 32. The number of esters is 4. The number of aromatic amines is 2. The van der Waals surface area contributed by atoms with Gasteiger partial charge in [0.25, 0.3) is 0 Å². The SMILES string of the molecule is C=COOCCCCCCCC1=C(CC(=O)OCCCCCCC)C2Cc3[nH]c(c(CC(=O)OCCCCCCC)c3CC(=O)OCCCCCCC)/C=C3/C=CC(=N3)C(c3cccc(C4C5=N/C(=C\c6[nH]c(c(CCCCCCCOOC=C)c6CCCCCCCOOC=C)CC6N=C(/C=C7/C=CC4N7)C(CC(=O)OCCCCCCC)=C6CCCCCCCOOC=C)C=C5)c3)C3C=C/C(=C/C1=N2)N3. The molecule has 24 heteroatoms.